The van der Waals surface area contributed by atoms with E-state index in [0.29, 0.717) is 0 Å². The zero-order valence-corrected chi connectivity index (χ0v) is 13.7. The van der Waals surface area contributed by atoms with Crippen molar-refractivity contribution in [2.45, 2.75) is 53.6 Å². The van der Waals surface area contributed by atoms with Gasteiger partial charge in [-0.1, -0.05) is 13.8 Å². The fourth-order valence-corrected chi connectivity index (χ4v) is 2.46. The maximum Gasteiger partial charge on any atom is 0.225 e. The number of aromatic nitrogens is 2. The van der Waals surface area contributed by atoms with Gasteiger partial charge in [-0.25, -0.2) is 9.97 Å². The van der Waals surface area contributed by atoms with E-state index >= 15 is 0 Å². The third kappa shape index (κ3) is 3.69. The number of aryl methyl sites for hydroxylation is 1. The van der Waals surface area contributed by atoms with E-state index in [1.807, 2.05) is 6.20 Å². The number of nitrogens with zero attached hydrogens (tertiary/aromatic N) is 3. The molecule has 1 aliphatic rings. The summed E-state index contributed by atoms with van der Waals surface area (Å²) < 4.78 is 0. The van der Waals surface area contributed by atoms with Gasteiger partial charge in [0.2, 0.25) is 5.95 Å². The average Bonchev–Trinajstić information content (AvgIpc) is 2.67. The van der Waals surface area contributed by atoms with E-state index in [1.165, 1.54) is 5.56 Å². The van der Waals surface area contributed by atoms with E-state index in [9.17, 15) is 0 Å². The highest BCUT2D eigenvalue weighted by molar-refractivity contribution is 5.34. The molecule has 1 saturated heterocycles. The first-order chi connectivity index (χ1) is 9.26. The molecule has 1 aromatic heterocycles. The largest absolute Gasteiger partial charge is 0.340 e. The minimum atomic E-state index is 0.116. The number of hydrogen-bond donors (Lipinski definition) is 1. The van der Waals surface area contributed by atoms with Crippen LogP contribution in [0.4, 0.5) is 5.95 Å². The van der Waals surface area contributed by atoms with Crippen LogP contribution < -0.4 is 10.2 Å². The lowest BCUT2D eigenvalue weighted by molar-refractivity contribution is 0.423. The van der Waals surface area contributed by atoms with Gasteiger partial charge in [-0.05, 0) is 39.5 Å². The lowest BCUT2D eigenvalue weighted by Crippen LogP contribution is -2.35. The third-order valence-corrected chi connectivity index (χ3v) is 4.15. The molecule has 2 heterocycles. The van der Waals surface area contributed by atoms with Gasteiger partial charge in [0.15, 0.2) is 0 Å². The van der Waals surface area contributed by atoms with Crippen LogP contribution in [0.25, 0.3) is 0 Å². The molecule has 112 valence electrons. The molecule has 2 unspecified atom stereocenters. The van der Waals surface area contributed by atoms with Gasteiger partial charge in [-0.2, -0.15) is 0 Å². The number of hydrogen-bond acceptors (Lipinski definition) is 4. The van der Waals surface area contributed by atoms with Crippen LogP contribution in [0.2, 0.25) is 0 Å². The standard InChI is InChI=1S/C16H28N4/c1-11-9-20(10-12(11)2)15-17-7-14(13(3)19-15)8-18-16(4,5)6/h7,11-12,18H,8-10H2,1-6H3. The van der Waals surface area contributed by atoms with Crippen molar-refractivity contribution < 1.29 is 0 Å². The van der Waals surface area contributed by atoms with Gasteiger partial charge in [-0.3, -0.25) is 0 Å². The molecule has 0 radical (unpaired) electrons. The second-order valence-corrected chi connectivity index (χ2v) is 7.24. The molecule has 0 saturated carbocycles. The Balaban J connectivity index is 2.06. The van der Waals surface area contributed by atoms with Crippen molar-refractivity contribution in [3.8, 4) is 0 Å². The number of anilines is 1. The Kier molecular flexibility index (Phi) is 4.33. The summed E-state index contributed by atoms with van der Waals surface area (Å²) in [5.74, 6) is 2.33. The van der Waals surface area contributed by atoms with Gasteiger partial charge >= 0.3 is 0 Å². The van der Waals surface area contributed by atoms with Crippen molar-refractivity contribution >= 4 is 5.95 Å². The van der Waals surface area contributed by atoms with Gasteiger partial charge in [0.05, 0.1) is 0 Å². The number of rotatable bonds is 3. The number of nitrogens with one attached hydrogen (secondary N) is 1. The molecule has 0 aliphatic carbocycles. The van der Waals surface area contributed by atoms with Crippen LogP contribution >= 0.6 is 0 Å². The van der Waals surface area contributed by atoms with Crippen LogP contribution in [0.1, 0.15) is 45.9 Å². The van der Waals surface area contributed by atoms with Crippen molar-refractivity contribution in [3.63, 3.8) is 0 Å². The maximum atomic E-state index is 4.70. The monoisotopic (exact) mass is 276 g/mol. The predicted octanol–water partition coefficient (Wildman–Crippen LogP) is 2.77. The van der Waals surface area contributed by atoms with E-state index in [0.717, 1.165) is 43.1 Å². The molecule has 1 fully saturated rings. The summed E-state index contributed by atoms with van der Waals surface area (Å²) in [5, 5.41) is 3.49. The van der Waals surface area contributed by atoms with Crippen LogP contribution in [0.5, 0.6) is 0 Å². The molecule has 1 aliphatic heterocycles. The predicted molar refractivity (Wildman–Crippen MR) is 83.9 cm³/mol. The Morgan fingerprint density at radius 3 is 2.35 bits per heavy atom. The molecule has 0 amide bonds. The summed E-state index contributed by atoms with van der Waals surface area (Å²) in [5.41, 5.74) is 2.38. The summed E-state index contributed by atoms with van der Waals surface area (Å²) in [4.78, 5) is 11.6. The van der Waals surface area contributed by atoms with E-state index in [1.54, 1.807) is 0 Å². The van der Waals surface area contributed by atoms with Gasteiger partial charge in [0.1, 0.15) is 0 Å². The first kappa shape index (κ1) is 15.2. The lowest BCUT2D eigenvalue weighted by atomic mass is 10.0. The van der Waals surface area contributed by atoms with Gasteiger partial charge in [0.25, 0.3) is 0 Å². The second-order valence-electron chi connectivity index (χ2n) is 7.24. The normalized spacial score (nSPS) is 23.4. The van der Waals surface area contributed by atoms with Crippen molar-refractivity contribution in [3.05, 3.63) is 17.5 Å². The van der Waals surface area contributed by atoms with Crippen LogP contribution in [0, 0.1) is 18.8 Å². The molecule has 2 rings (SSSR count). The summed E-state index contributed by atoms with van der Waals surface area (Å²) >= 11 is 0. The van der Waals surface area contributed by atoms with E-state index in [4.69, 9.17) is 4.98 Å². The highest BCUT2D eigenvalue weighted by atomic mass is 15.3. The molecular formula is C16H28N4. The van der Waals surface area contributed by atoms with Crippen LogP contribution in [0.3, 0.4) is 0 Å². The summed E-state index contributed by atoms with van der Waals surface area (Å²) in [7, 11) is 0. The molecule has 20 heavy (non-hydrogen) atoms. The highest BCUT2D eigenvalue weighted by Crippen LogP contribution is 2.25. The minimum absolute atomic E-state index is 0.116. The molecule has 1 N–H and O–H groups in total. The van der Waals surface area contributed by atoms with E-state index in [-0.39, 0.29) is 5.54 Å². The molecular weight excluding hydrogens is 248 g/mol. The van der Waals surface area contributed by atoms with Crippen molar-refractivity contribution in [1.29, 1.82) is 0 Å². The third-order valence-electron chi connectivity index (χ3n) is 4.15. The van der Waals surface area contributed by atoms with Crippen LogP contribution in [0.15, 0.2) is 6.20 Å². The smallest absolute Gasteiger partial charge is 0.225 e. The molecule has 1 aromatic rings. The van der Waals surface area contributed by atoms with Crippen molar-refractivity contribution in [1.82, 2.24) is 15.3 Å². The lowest BCUT2D eigenvalue weighted by Gasteiger charge is -2.22. The average molecular weight is 276 g/mol. The van der Waals surface area contributed by atoms with E-state index < -0.39 is 0 Å². The quantitative estimate of drug-likeness (QED) is 0.921. The molecule has 4 nitrogen and oxygen atoms in total. The molecule has 2 atom stereocenters. The molecule has 0 bridgehead atoms. The fraction of sp³-hybridized carbons (Fsp3) is 0.750. The Bertz CT molecular complexity index is 454. The Morgan fingerprint density at radius 1 is 1.25 bits per heavy atom. The SMILES string of the molecule is Cc1nc(N2CC(C)C(C)C2)ncc1CNC(C)(C)C. The van der Waals surface area contributed by atoms with Crippen molar-refractivity contribution in [2.24, 2.45) is 11.8 Å². The van der Waals surface area contributed by atoms with Crippen LogP contribution in [-0.4, -0.2) is 28.6 Å². The summed E-state index contributed by atoms with van der Waals surface area (Å²) in [6.45, 7) is 16.2. The molecule has 0 spiro atoms. The minimum Gasteiger partial charge on any atom is -0.340 e. The summed E-state index contributed by atoms with van der Waals surface area (Å²) in [6, 6.07) is 0. The zero-order valence-electron chi connectivity index (χ0n) is 13.7. The highest BCUT2D eigenvalue weighted by Gasteiger charge is 2.27. The first-order valence-corrected chi connectivity index (χ1v) is 7.59. The van der Waals surface area contributed by atoms with Crippen LogP contribution in [-0.2, 0) is 6.54 Å². The second kappa shape index (κ2) is 5.68. The first-order valence-electron chi connectivity index (χ1n) is 7.59. The maximum absolute atomic E-state index is 4.70. The Morgan fingerprint density at radius 2 is 1.85 bits per heavy atom. The molecule has 4 heteroatoms. The van der Waals surface area contributed by atoms with Crippen molar-refractivity contribution in [2.75, 3.05) is 18.0 Å². The van der Waals surface area contributed by atoms with Gasteiger partial charge in [0, 0.05) is 42.6 Å². The Hall–Kier alpha value is -1.16. The fourth-order valence-electron chi connectivity index (χ4n) is 2.46. The topological polar surface area (TPSA) is 41.1 Å². The van der Waals surface area contributed by atoms with Gasteiger partial charge in [-0.15, -0.1) is 0 Å². The zero-order chi connectivity index (χ0) is 14.9. The Labute approximate surface area is 123 Å². The molecule has 0 aromatic carbocycles. The van der Waals surface area contributed by atoms with Gasteiger partial charge < -0.3 is 10.2 Å². The summed E-state index contributed by atoms with van der Waals surface area (Å²) in [6.07, 6.45) is 1.98. The van der Waals surface area contributed by atoms with E-state index in [2.05, 4.69) is 56.7 Å².